The van der Waals surface area contributed by atoms with Crippen molar-refractivity contribution < 1.29 is 0 Å². The van der Waals surface area contributed by atoms with Gasteiger partial charge in [-0.1, -0.05) is 17.7 Å². The first-order chi connectivity index (χ1) is 10.2. The third-order valence-corrected chi connectivity index (χ3v) is 4.77. The van der Waals surface area contributed by atoms with Gasteiger partial charge in [-0.25, -0.2) is 4.98 Å². The van der Waals surface area contributed by atoms with E-state index in [-0.39, 0.29) is 0 Å². The molecule has 0 aliphatic carbocycles. The molecule has 1 aliphatic rings. The molecule has 5 heteroatoms. The quantitative estimate of drug-likeness (QED) is 0.797. The number of halogens is 2. The first-order valence-corrected chi connectivity index (χ1v) is 8.48. The maximum absolute atomic E-state index is 6.42. The Morgan fingerprint density at radius 3 is 3.00 bits per heavy atom. The molecule has 2 heterocycles. The zero-order chi connectivity index (χ0) is 14.8. The second-order valence-electron chi connectivity index (χ2n) is 5.96. The number of nitrogens with zero attached hydrogens (tertiary/aromatic N) is 3. The number of piperidine rings is 1. The molecule has 1 aliphatic heterocycles. The van der Waals surface area contributed by atoms with Crippen LogP contribution in [0.4, 0.5) is 0 Å². The van der Waals surface area contributed by atoms with Crippen molar-refractivity contribution in [3.8, 4) is 0 Å². The summed E-state index contributed by atoms with van der Waals surface area (Å²) in [5, 5.41) is 0.782. The Labute approximate surface area is 135 Å². The molecule has 1 aromatic carbocycles. The molecule has 0 amide bonds. The molecular weight excluding hydrogens is 305 g/mol. The molecular formula is C16H21Cl2N3. The van der Waals surface area contributed by atoms with Gasteiger partial charge in [0.15, 0.2) is 0 Å². The van der Waals surface area contributed by atoms with Crippen molar-refractivity contribution >= 4 is 34.2 Å². The van der Waals surface area contributed by atoms with Crippen LogP contribution in [0.3, 0.4) is 0 Å². The van der Waals surface area contributed by atoms with Gasteiger partial charge in [-0.2, -0.15) is 0 Å². The third-order valence-electron chi connectivity index (χ3n) is 4.28. The molecule has 3 nitrogen and oxygen atoms in total. The zero-order valence-electron chi connectivity index (χ0n) is 12.4. The van der Waals surface area contributed by atoms with Gasteiger partial charge in [0.2, 0.25) is 0 Å². The maximum atomic E-state index is 6.42. The summed E-state index contributed by atoms with van der Waals surface area (Å²) in [6.45, 7) is 3.33. The van der Waals surface area contributed by atoms with Gasteiger partial charge in [0.25, 0.3) is 0 Å². The van der Waals surface area contributed by atoms with Crippen LogP contribution >= 0.6 is 23.2 Å². The van der Waals surface area contributed by atoms with Crippen LogP contribution < -0.4 is 0 Å². The molecule has 1 atom stereocenters. The second kappa shape index (κ2) is 6.55. The average molecular weight is 326 g/mol. The molecule has 21 heavy (non-hydrogen) atoms. The Hall–Kier alpha value is -0.770. The number of aryl methyl sites for hydroxylation is 1. The smallest absolute Gasteiger partial charge is 0.111 e. The van der Waals surface area contributed by atoms with Crippen molar-refractivity contribution in [2.45, 2.75) is 25.8 Å². The van der Waals surface area contributed by atoms with Crippen molar-refractivity contribution in [3.63, 3.8) is 0 Å². The fraction of sp³-hybridized carbons (Fsp3) is 0.562. The van der Waals surface area contributed by atoms with Crippen molar-refractivity contribution in [3.05, 3.63) is 29.0 Å². The number of para-hydroxylation sites is 1. The molecule has 0 bridgehead atoms. The van der Waals surface area contributed by atoms with E-state index in [0.29, 0.717) is 11.8 Å². The highest BCUT2D eigenvalue weighted by Gasteiger charge is 2.21. The van der Waals surface area contributed by atoms with E-state index in [9.17, 15) is 0 Å². The van der Waals surface area contributed by atoms with Crippen molar-refractivity contribution in [1.82, 2.24) is 14.5 Å². The summed E-state index contributed by atoms with van der Waals surface area (Å²) in [7, 11) is 2.20. The normalized spacial score (nSPS) is 20.2. The summed E-state index contributed by atoms with van der Waals surface area (Å²) in [6.07, 6.45) is 3.33. The number of benzene rings is 1. The van der Waals surface area contributed by atoms with Crippen LogP contribution in [0.5, 0.6) is 0 Å². The molecule has 1 saturated heterocycles. The Balaban J connectivity index is 1.96. The number of hydrogen-bond acceptors (Lipinski definition) is 2. The predicted octanol–water partition coefficient (Wildman–Crippen LogP) is 3.81. The Kier molecular flexibility index (Phi) is 4.72. The Morgan fingerprint density at radius 2 is 2.24 bits per heavy atom. The molecule has 0 saturated carbocycles. The fourth-order valence-corrected chi connectivity index (χ4v) is 3.78. The minimum absolute atomic E-state index is 0.589. The number of hydrogen-bond donors (Lipinski definition) is 0. The highest BCUT2D eigenvalue weighted by molar-refractivity contribution is 6.35. The third kappa shape index (κ3) is 3.20. The van der Waals surface area contributed by atoms with Gasteiger partial charge >= 0.3 is 0 Å². The van der Waals surface area contributed by atoms with E-state index in [1.807, 2.05) is 18.2 Å². The molecule has 1 fully saturated rings. The van der Waals surface area contributed by atoms with Crippen LogP contribution in [0.15, 0.2) is 18.2 Å². The van der Waals surface area contributed by atoms with Crippen molar-refractivity contribution in [2.24, 2.45) is 5.92 Å². The number of aromatic nitrogens is 2. The standard InChI is InChI=1S/C16H21Cl2N3/c1-20-9-3-4-12(10-20)11-21-15(7-8-17)19-14-6-2-5-13(18)16(14)21/h2,5-6,12H,3-4,7-11H2,1H3. The van der Waals surface area contributed by atoms with Gasteiger partial charge in [0, 0.05) is 25.4 Å². The van der Waals surface area contributed by atoms with Crippen LogP contribution in [-0.2, 0) is 13.0 Å². The SMILES string of the molecule is CN1CCCC(Cn2c(CCCl)nc3cccc(Cl)c32)C1. The minimum Gasteiger partial charge on any atom is -0.326 e. The largest absolute Gasteiger partial charge is 0.326 e. The van der Waals surface area contributed by atoms with Crippen LogP contribution in [0.25, 0.3) is 11.0 Å². The topological polar surface area (TPSA) is 21.1 Å². The Bertz CT molecular complexity index is 623. The lowest BCUT2D eigenvalue weighted by Gasteiger charge is -2.30. The van der Waals surface area contributed by atoms with Crippen LogP contribution in [0.2, 0.25) is 5.02 Å². The molecule has 1 unspecified atom stereocenters. The zero-order valence-corrected chi connectivity index (χ0v) is 13.9. The summed E-state index contributed by atoms with van der Waals surface area (Å²) < 4.78 is 2.30. The highest BCUT2D eigenvalue weighted by atomic mass is 35.5. The molecule has 2 aromatic rings. The van der Waals surface area contributed by atoms with Crippen LogP contribution in [0, 0.1) is 5.92 Å². The van der Waals surface area contributed by atoms with Crippen LogP contribution in [-0.4, -0.2) is 40.5 Å². The van der Waals surface area contributed by atoms with Gasteiger partial charge in [-0.3, -0.25) is 0 Å². The van der Waals surface area contributed by atoms with E-state index in [2.05, 4.69) is 16.5 Å². The van der Waals surface area contributed by atoms with Crippen molar-refractivity contribution in [2.75, 3.05) is 26.0 Å². The van der Waals surface area contributed by atoms with E-state index < -0.39 is 0 Å². The van der Waals surface area contributed by atoms with Gasteiger partial charge in [0.05, 0.1) is 16.1 Å². The Morgan fingerprint density at radius 1 is 1.38 bits per heavy atom. The average Bonchev–Trinajstić information content (AvgIpc) is 2.79. The van der Waals surface area contributed by atoms with Gasteiger partial charge in [-0.05, 0) is 44.5 Å². The summed E-state index contributed by atoms with van der Waals surface area (Å²) in [4.78, 5) is 7.14. The van der Waals surface area contributed by atoms with E-state index in [1.54, 1.807) is 0 Å². The van der Waals surface area contributed by atoms with E-state index in [1.165, 1.54) is 19.4 Å². The first-order valence-electron chi connectivity index (χ1n) is 7.57. The van der Waals surface area contributed by atoms with Gasteiger partial charge in [0.1, 0.15) is 5.82 Å². The molecule has 1 aromatic heterocycles. The number of imidazole rings is 1. The van der Waals surface area contributed by atoms with Gasteiger partial charge in [-0.15, -0.1) is 11.6 Å². The number of alkyl halides is 1. The summed E-state index contributed by atoms with van der Waals surface area (Å²) >= 11 is 12.4. The number of likely N-dealkylation sites (tertiary alicyclic amines) is 1. The highest BCUT2D eigenvalue weighted by Crippen LogP contribution is 2.27. The summed E-state index contributed by atoms with van der Waals surface area (Å²) in [5.74, 6) is 2.30. The van der Waals surface area contributed by atoms with E-state index in [4.69, 9.17) is 28.2 Å². The second-order valence-corrected chi connectivity index (χ2v) is 6.74. The van der Waals surface area contributed by atoms with Crippen LogP contribution in [0.1, 0.15) is 18.7 Å². The van der Waals surface area contributed by atoms with Gasteiger partial charge < -0.3 is 9.47 Å². The molecule has 3 rings (SSSR count). The lowest BCUT2D eigenvalue weighted by Crippen LogP contribution is -2.34. The monoisotopic (exact) mass is 325 g/mol. The molecule has 0 N–H and O–H groups in total. The summed E-state index contributed by atoms with van der Waals surface area (Å²) in [6, 6.07) is 5.93. The molecule has 114 valence electrons. The summed E-state index contributed by atoms with van der Waals surface area (Å²) in [5.41, 5.74) is 2.04. The molecule has 0 radical (unpaired) electrons. The fourth-order valence-electron chi connectivity index (χ4n) is 3.34. The lowest BCUT2D eigenvalue weighted by atomic mass is 9.98. The lowest BCUT2D eigenvalue weighted by molar-refractivity contribution is 0.194. The maximum Gasteiger partial charge on any atom is 0.111 e. The molecule has 0 spiro atoms. The number of rotatable bonds is 4. The van der Waals surface area contributed by atoms with Crippen molar-refractivity contribution in [1.29, 1.82) is 0 Å². The first kappa shape index (κ1) is 15.1. The van der Waals surface area contributed by atoms with E-state index in [0.717, 1.165) is 41.4 Å². The number of fused-ring (bicyclic) bond motifs is 1. The minimum atomic E-state index is 0.589. The predicted molar refractivity (Wildman–Crippen MR) is 89.4 cm³/mol. The van der Waals surface area contributed by atoms with E-state index >= 15 is 0 Å².